The Labute approximate surface area is 174 Å². The lowest BCUT2D eigenvalue weighted by Gasteiger charge is -2.33. The first-order chi connectivity index (χ1) is 13.7. The fraction of sp³-hybridized carbons (Fsp3) is 0.609. The third kappa shape index (κ3) is 6.31. The van der Waals surface area contributed by atoms with Crippen molar-refractivity contribution in [1.29, 1.82) is 0 Å². The number of ether oxygens (including phenoxy) is 1. The Bertz CT molecular complexity index is 713. The molecule has 160 valence electrons. The number of carbonyl (C=O) groups excluding carboxylic acids is 3. The van der Waals surface area contributed by atoms with Crippen LogP contribution in [0.25, 0.3) is 0 Å². The minimum atomic E-state index is -0.472. The molecule has 2 heterocycles. The molecule has 1 N–H and O–H groups in total. The summed E-state index contributed by atoms with van der Waals surface area (Å²) >= 11 is 0. The Balaban J connectivity index is 0.00000145. The Kier molecular flexibility index (Phi) is 7.82. The molecule has 6 heteroatoms. The van der Waals surface area contributed by atoms with Crippen LogP contribution < -0.4 is 5.32 Å². The minimum absolute atomic E-state index is 0.190. The van der Waals surface area contributed by atoms with E-state index in [-0.39, 0.29) is 23.8 Å². The molecule has 1 aromatic carbocycles. The highest BCUT2D eigenvalue weighted by molar-refractivity contribution is 6.00. The number of imide groups is 1. The van der Waals surface area contributed by atoms with Crippen LogP contribution in [0.5, 0.6) is 0 Å². The van der Waals surface area contributed by atoms with Crippen molar-refractivity contribution in [3.05, 3.63) is 35.4 Å². The Morgan fingerprint density at radius 3 is 2.07 bits per heavy atom. The second kappa shape index (κ2) is 9.90. The number of hydrogen-bond donors (Lipinski definition) is 1. The van der Waals surface area contributed by atoms with Crippen molar-refractivity contribution in [2.24, 2.45) is 0 Å². The van der Waals surface area contributed by atoms with E-state index in [9.17, 15) is 14.4 Å². The van der Waals surface area contributed by atoms with E-state index in [4.69, 9.17) is 4.74 Å². The Morgan fingerprint density at radius 2 is 1.55 bits per heavy atom. The summed E-state index contributed by atoms with van der Waals surface area (Å²) in [7, 11) is 0. The second-order valence-electron chi connectivity index (χ2n) is 8.41. The highest BCUT2D eigenvalue weighted by Crippen LogP contribution is 2.31. The summed E-state index contributed by atoms with van der Waals surface area (Å²) in [5, 5.41) is 2.41. The summed E-state index contributed by atoms with van der Waals surface area (Å²) in [6.45, 7) is 11.0. The van der Waals surface area contributed by atoms with Crippen molar-refractivity contribution < 1.29 is 19.1 Å². The van der Waals surface area contributed by atoms with Crippen molar-refractivity contribution in [1.82, 2.24) is 10.2 Å². The van der Waals surface area contributed by atoms with Gasteiger partial charge in [0.15, 0.2) is 0 Å². The highest BCUT2D eigenvalue weighted by atomic mass is 16.6. The first kappa shape index (κ1) is 22.9. The predicted octanol–water partition coefficient (Wildman–Crippen LogP) is 4.35. The van der Waals surface area contributed by atoms with Crippen LogP contribution in [0, 0.1) is 0 Å². The van der Waals surface area contributed by atoms with Gasteiger partial charge in [-0.25, -0.2) is 4.79 Å². The van der Waals surface area contributed by atoms with Crippen molar-refractivity contribution >= 4 is 17.9 Å². The topological polar surface area (TPSA) is 75.7 Å². The second-order valence-corrected chi connectivity index (χ2v) is 8.41. The summed E-state index contributed by atoms with van der Waals surface area (Å²) in [5.74, 6) is -0.237. The van der Waals surface area contributed by atoms with Crippen molar-refractivity contribution in [2.75, 3.05) is 13.1 Å². The summed E-state index contributed by atoms with van der Waals surface area (Å²) in [6.07, 6.45) is 2.52. The highest BCUT2D eigenvalue weighted by Gasteiger charge is 2.29. The van der Waals surface area contributed by atoms with Crippen molar-refractivity contribution in [2.45, 2.75) is 77.7 Å². The van der Waals surface area contributed by atoms with Crippen LogP contribution in [-0.2, 0) is 14.3 Å². The number of likely N-dealkylation sites (tertiary alicyclic amines) is 1. The van der Waals surface area contributed by atoms with Crippen LogP contribution in [0.4, 0.5) is 4.79 Å². The number of hydrogen-bond acceptors (Lipinski definition) is 4. The summed E-state index contributed by atoms with van der Waals surface area (Å²) < 4.78 is 5.44. The van der Waals surface area contributed by atoms with Crippen LogP contribution >= 0.6 is 0 Å². The number of nitrogens with one attached hydrogen (secondary N) is 1. The van der Waals surface area contributed by atoms with Gasteiger partial charge in [0.05, 0.1) is 5.92 Å². The zero-order valence-corrected chi connectivity index (χ0v) is 18.3. The molecule has 2 aliphatic heterocycles. The van der Waals surface area contributed by atoms with Gasteiger partial charge in [-0.05, 0) is 57.1 Å². The van der Waals surface area contributed by atoms with Gasteiger partial charge < -0.3 is 9.64 Å². The zero-order valence-electron chi connectivity index (χ0n) is 18.3. The molecule has 29 heavy (non-hydrogen) atoms. The predicted molar refractivity (Wildman–Crippen MR) is 113 cm³/mol. The van der Waals surface area contributed by atoms with Crippen LogP contribution in [0.1, 0.15) is 83.3 Å². The Morgan fingerprint density at radius 1 is 1.00 bits per heavy atom. The van der Waals surface area contributed by atoms with Crippen LogP contribution in [0.15, 0.2) is 24.3 Å². The molecule has 1 aromatic rings. The van der Waals surface area contributed by atoms with E-state index >= 15 is 0 Å². The molecule has 1 unspecified atom stereocenters. The van der Waals surface area contributed by atoms with E-state index in [1.807, 2.05) is 46.8 Å². The van der Waals surface area contributed by atoms with E-state index in [1.165, 1.54) is 5.56 Å². The van der Waals surface area contributed by atoms with Gasteiger partial charge in [0.2, 0.25) is 11.8 Å². The first-order valence-corrected chi connectivity index (χ1v) is 10.6. The molecule has 1 atom stereocenters. The maximum atomic E-state index is 12.2. The standard InChI is InChI=1S/C21H28N2O4.C2H6/c1-21(2,3)27-20(26)23-12-10-15(11-13-23)14-4-6-16(7-5-14)17-8-9-18(24)22-19(17)25;1-2/h4-7,15,17H,8-13H2,1-3H3,(H,22,24,25);1-2H3. The fourth-order valence-electron chi connectivity index (χ4n) is 3.73. The van der Waals surface area contributed by atoms with Crippen molar-refractivity contribution in [3.8, 4) is 0 Å². The average Bonchev–Trinajstić information content (AvgIpc) is 2.69. The molecule has 0 aromatic heterocycles. The van der Waals surface area contributed by atoms with E-state index in [0.717, 1.165) is 18.4 Å². The molecule has 0 bridgehead atoms. The number of carbonyl (C=O) groups is 3. The molecule has 3 amide bonds. The van der Waals surface area contributed by atoms with Crippen LogP contribution in [0.2, 0.25) is 0 Å². The molecular weight excluding hydrogens is 368 g/mol. The van der Waals surface area contributed by atoms with Gasteiger partial charge in [0.1, 0.15) is 5.60 Å². The normalized spacial score (nSPS) is 20.4. The number of nitrogens with zero attached hydrogens (tertiary/aromatic N) is 1. The van der Waals surface area contributed by atoms with E-state index in [0.29, 0.717) is 31.8 Å². The van der Waals surface area contributed by atoms with Crippen LogP contribution in [-0.4, -0.2) is 41.5 Å². The molecule has 0 spiro atoms. The number of rotatable bonds is 2. The average molecular weight is 403 g/mol. The monoisotopic (exact) mass is 402 g/mol. The zero-order chi connectivity index (χ0) is 21.6. The summed E-state index contributed by atoms with van der Waals surface area (Å²) in [5.41, 5.74) is 1.71. The van der Waals surface area contributed by atoms with Gasteiger partial charge in [-0.2, -0.15) is 0 Å². The lowest BCUT2D eigenvalue weighted by molar-refractivity contribution is -0.134. The maximum Gasteiger partial charge on any atom is 0.410 e. The molecule has 2 aliphatic rings. The molecule has 2 saturated heterocycles. The Hall–Kier alpha value is -2.37. The van der Waals surface area contributed by atoms with Gasteiger partial charge in [-0.3, -0.25) is 14.9 Å². The first-order valence-electron chi connectivity index (χ1n) is 10.6. The lowest BCUT2D eigenvalue weighted by Crippen LogP contribution is -2.41. The van der Waals surface area contributed by atoms with E-state index < -0.39 is 5.60 Å². The molecule has 0 radical (unpaired) electrons. The molecule has 6 nitrogen and oxygen atoms in total. The summed E-state index contributed by atoms with van der Waals surface area (Å²) in [6, 6.07) is 8.14. The van der Waals surface area contributed by atoms with Gasteiger partial charge in [0, 0.05) is 19.5 Å². The SMILES string of the molecule is CC.CC(C)(C)OC(=O)N1CCC(c2ccc(C3CCC(=O)NC3=O)cc2)CC1. The minimum Gasteiger partial charge on any atom is -0.444 e. The number of piperidine rings is 2. The fourth-order valence-corrected chi connectivity index (χ4v) is 3.73. The maximum absolute atomic E-state index is 12.2. The number of benzene rings is 1. The molecule has 0 saturated carbocycles. The molecule has 2 fully saturated rings. The molecular formula is C23H34N2O4. The third-order valence-corrected chi connectivity index (χ3v) is 5.20. The third-order valence-electron chi connectivity index (χ3n) is 5.20. The van der Waals surface area contributed by atoms with Gasteiger partial charge in [0.25, 0.3) is 0 Å². The largest absolute Gasteiger partial charge is 0.444 e. The molecule has 0 aliphatic carbocycles. The van der Waals surface area contributed by atoms with Gasteiger partial charge in [-0.15, -0.1) is 0 Å². The summed E-state index contributed by atoms with van der Waals surface area (Å²) in [4.78, 5) is 37.3. The van der Waals surface area contributed by atoms with Crippen LogP contribution in [0.3, 0.4) is 0 Å². The quantitative estimate of drug-likeness (QED) is 0.746. The smallest absolute Gasteiger partial charge is 0.410 e. The number of amides is 3. The van der Waals surface area contributed by atoms with Gasteiger partial charge in [-0.1, -0.05) is 38.1 Å². The van der Waals surface area contributed by atoms with Crippen molar-refractivity contribution in [3.63, 3.8) is 0 Å². The molecule has 3 rings (SSSR count). The van der Waals surface area contributed by atoms with E-state index in [1.54, 1.807) is 4.90 Å². The van der Waals surface area contributed by atoms with Gasteiger partial charge >= 0.3 is 6.09 Å². The lowest BCUT2D eigenvalue weighted by atomic mass is 9.86. The van der Waals surface area contributed by atoms with E-state index in [2.05, 4.69) is 17.4 Å².